The van der Waals surface area contributed by atoms with Gasteiger partial charge >= 0.3 is 0 Å². The van der Waals surface area contributed by atoms with E-state index in [0.717, 1.165) is 25.7 Å². The Morgan fingerprint density at radius 1 is 1.00 bits per heavy atom. The number of sulfonamides is 1. The fraction of sp³-hybridized carbons (Fsp3) is 0.333. The van der Waals surface area contributed by atoms with Crippen molar-refractivity contribution in [3.8, 4) is 5.75 Å². The normalized spacial score (nSPS) is 16.9. The Morgan fingerprint density at radius 3 is 2.43 bits per heavy atom. The molecular weight excluding hydrogens is 406 g/mol. The van der Waals surface area contributed by atoms with Crippen molar-refractivity contribution in [3.05, 3.63) is 48.0 Å². The lowest BCUT2D eigenvalue weighted by molar-refractivity contribution is -0.117. The van der Waals surface area contributed by atoms with Crippen molar-refractivity contribution in [1.29, 1.82) is 0 Å². The Labute approximate surface area is 174 Å². The molecule has 30 heavy (non-hydrogen) atoms. The van der Waals surface area contributed by atoms with E-state index in [-0.39, 0.29) is 33.7 Å². The highest BCUT2D eigenvalue weighted by Gasteiger charge is 2.30. The first-order valence-electron chi connectivity index (χ1n) is 9.90. The molecule has 0 aromatic heterocycles. The lowest BCUT2D eigenvalue weighted by Gasteiger charge is -2.17. The molecule has 1 aliphatic carbocycles. The van der Waals surface area contributed by atoms with Crippen molar-refractivity contribution in [2.24, 2.45) is 5.92 Å². The van der Waals surface area contributed by atoms with E-state index in [2.05, 4.69) is 10.6 Å². The fourth-order valence-corrected chi connectivity index (χ4v) is 4.92. The molecule has 0 atom stereocenters. The zero-order valence-corrected chi connectivity index (χ0v) is 17.1. The number of phenols is 1. The van der Waals surface area contributed by atoms with Crippen LogP contribution in [0.1, 0.15) is 36.0 Å². The summed E-state index contributed by atoms with van der Waals surface area (Å²) in [6.07, 6.45) is 3.38. The molecule has 4 rings (SSSR count). The van der Waals surface area contributed by atoms with Crippen LogP contribution in [0.15, 0.2) is 47.4 Å². The molecule has 1 aliphatic heterocycles. The van der Waals surface area contributed by atoms with Crippen LogP contribution in [0.25, 0.3) is 0 Å². The minimum absolute atomic E-state index is 0.00712. The number of carbonyl (C=O) groups is 2. The average molecular weight is 429 g/mol. The number of hydrogen-bond acceptors (Lipinski definition) is 5. The quantitative estimate of drug-likeness (QED) is 0.611. The molecule has 0 spiro atoms. The number of nitrogens with zero attached hydrogens (tertiary/aromatic N) is 1. The second-order valence-electron chi connectivity index (χ2n) is 7.59. The highest BCUT2D eigenvalue weighted by atomic mass is 32.2. The molecular formula is C21H23N3O5S. The van der Waals surface area contributed by atoms with E-state index in [1.165, 1.54) is 28.6 Å². The maximum absolute atomic E-state index is 12.8. The van der Waals surface area contributed by atoms with E-state index in [0.29, 0.717) is 18.8 Å². The van der Waals surface area contributed by atoms with E-state index in [1.807, 2.05) is 0 Å². The molecule has 9 heteroatoms. The number of amides is 2. The Kier molecular flexibility index (Phi) is 5.48. The van der Waals surface area contributed by atoms with E-state index in [4.69, 9.17) is 0 Å². The summed E-state index contributed by atoms with van der Waals surface area (Å²) in [5.74, 6) is -0.782. The van der Waals surface area contributed by atoms with Gasteiger partial charge in [-0.3, -0.25) is 9.59 Å². The van der Waals surface area contributed by atoms with Gasteiger partial charge < -0.3 is 15.7 Å². The molecule has 2 aromatic rings. The summed E-state index contributed by atoms with van der Waals surface area (Å²) in [5, 5.41) is 15.5. The third kappa shape index (κ3) is 4.31. The minimum Gasteiger partial charge on any atom is -0.506 e. The monoisotopic (exact) mass is 429 g/mol. The molecule has 8 nitrogen and oxygen atoms in total. The van der Waals surface area contributed by atoms with E-state index < -0.39 is 15.9 Å². The molecule has 2 amide bonds. The molecule has 1 saturated heterocycles. The smallest absolute Gasteiger partial charge is 0.255 e. The summed E-state index contributed by atoms with van der Waals surface area (Å²) in [6, 6.07) is 10.3. The third-order valence-corrected chi connectivity index (χ3v) is 7.15. The molecule has 2 fully saturated rings. The number of rotatable bonds is 6. The highest BCUT2D eigenvalue weighted by molar-refractivity contribution is 7.89. The summed E-state index contributed by atoms with van der Waals surface area (Å²) in [7, 11) is -3.68. The fourth-order valence-electron chi connectivity index (χ4n) is 3.38. The number of carbonyl (C=O) groups excluding carboxylic acids is 2. The highest BCUT2D eigenvalue weighted by Crippen LogP contribution is 2.31. The van der Waals surface area contributed by atoms with Crippen molar-refractivity contribution in [1.82, 2.24) is 4.31 Å². The summed E-state index contributed by atoms with van der Waals surface area (Å²) < 4.78 is 26.9. The Balaban J connectivity index is 1.52. The van der Waals surface area contributed by atoms with Crippen molar-refractivity contribution in [2.75, 3.05) is 23.7 Å². The van der Waals surface area contributed by atoms with E-state index >= 15 is 0 Å². The van der Waals surface area contributed by atoms with Gasteiger partial charge in [0.2, 0.25) is 15.9 Å². The SMILES string of the molecule is O=C(Nc1cc(S(=O)(=O)N2CCCC2)ccc1O)c1cccc(NC(=O)C2CC2)c1. The van der Waals surface area contributed by atoms with Gasteiger partial charge in [0, 0.05) is 30.3 Å². The lowest BCUT2D eigenvalue weighted by atomic mass is 10.1. The molecule has 3 N–H and O–H groups in total. The molecule has 0 radical (unpaired) electrons. The molecule has 2 aliphatic rings. The second kappa shape index (κ2) is 8.08. The molecule has 1 heterocycles. The number of anilines is 2. The van der Waals surface area contributed by atoms with Crippen LogP contribution in [0.4, 0.5) is 11.4 Å². The minimum atomic E-state index is -3.68. The topological polar surface area (TPSA) is 116 Å². The number of aromatic hydroxyl groups is 1. The zero-order chi connectivity index (χ0) is 21.3. The predicted octanol–water partition coefficient (Wildman–Crippen LogP) is 2.78. The van der Waals surface area contributed by atoms with Crippen LogP contribution in [-0.2, 0) is 14.8 Å². The molecule has 1 saturated carbocycles. The van der Waals surface area contributed by atoms with Crippen LogP contribution in [0, 0.1) is 5.92 Å². The van der Waals surface area contributed by atoms with Crippen LogP contribution in [0.3, 0.4) is 0 Å². The zero-order valence-electron chi connectivity index (χ0n) is 16.3. The third-order valence-electron chi connectivity index (χ3n) is 5.26. The van der Waals surface area contributed by atoms with Crippen LogP contribution in [0.5, 0.6) is 5.75 Å². The number of benzene rings is 2. The Hall–Kier alpha value is -2.91. The maximum Gasteiger partial charge on any atom is 0.255 e. The first-order chi connectivity index (χ1) is 14.3. The standard InChI is InChI=1S/C21H23N3O5S/c25-19-9-8-17(30(28,29)24-10-1-2-11-24)13-18(19)23-21(27)15-4-3-5-16(12-15)22-20(26)14-6-7-14/h3-5,8-9,12-14,25H,1-2,6-7,10-11H2,(H,22,26)(H,23,27). The largest absolute Gasteiger partial charge is 0.506 e. The molecule has 158 valence electrons. The maximum atomic E-state index is 12.8. The molecule has 2 aromatic carbocycles. The van der Waals surface area contributed by atoms with Gasteiger partial charge in [-0.25, -0.2) is 8.42 Å². The van der Waals surface area contributed by atoms with Gasteiger partial charge in [-0.2, -0.15) is 4.31 Å². The van der Waals surface area contributed by atoms with Crippen LogP contribution in [-0.4, -0.2) is 42.7 Å². The lowest BCUT2D eigenvalue weighted by Crippen LogP contribution is -2.28. The summed E-state index contributed by atoms with van der Waals surface area (Å²) in [5.41, 5.74) is 0.789. The van der Waals surface area contributed by atoms with E-state index in [1.54, 1.807) is 18.2 Å². The summed E-state index contributed by atoms with van der Waals surface area (Å²) in [4.78, 5) is 24.6. The number of nitrogens with one attached hydrogen (secondary N) is 2. The van der Waals surface area contributed by atoms with Crippen molar-refractivity contribution < 1.29 is 23.1 Å². The number of phenolic OH excluding ortho intramolecular Hbond substituents is 1. The van der Waals surface area contributed by atoms with Gasteiger partial charge in [-0.15, -0.1) is 0 Å². The van der Waals surface area contributed by atoms with Crippen LogP contribution >= 0.6 is 0 Å². The predicted molar refractivity (Wildman–Crippen MR) is 112 cm³/mol. The van der Waals surface area contributed by atoms with Crippen molar-refractivity contribution in [2.45, 2.75) is 30.6 Å². The second-order valence-corrected chi connectivity index (χ2v) is 9.53. The first-order valence-corrected chi connectivity index (χ1v) is 11.3. The summed E-state index contributed by atoms with van der Waals surface area (Å²) in [6.45, 7) is 0.925. The first kappa shape index (κ1) is 20.4. The van der Waals surface area contributed by atoms with Gasteiger partial charge in [-0.05, 0) is 62.1 Å². The Morgan fingerprint density at radius 2 is 1.73 bits per heavy atom. The van der Waals surface area contributed by atoms with Crippen LogP contribution in [0.2, 0.25) is 0 Å². The van der Waals surface area contributed by atoms with E-state index in [9.17, 15) is 23.1 Å². The van der Waals surface area contributed by atoms with Crippen molar-refractivity contribution >= 4 is 33.2 Å². The summed E-state index contributed by atoms with van der Waals surface area (Å²) >= 11 is 0. The molecule has 0 bridgehead atoms. The van der Waals surface area contributed by atoms with Gasteiger partial charge in [-0.1, -0.05) is 6.07 Å². The molecule has 0 unspecified atom stereocenters. The van der Waals surface area contributed by atoms with Gasteiger partial charge in [0.15, 0.2) is 0 Å². The average Bonchev–Trinajstić information content (AvgIpc) is 3.43. The Bertz CT molecular complexity index is 1090. The van der Waals surface area contributed by atoms with Crippen molar-refractivity contribution in [3.63, 3.8) is 0 Å². The van der Waals surface area contributed by atoms with Gasteiger partial charge in [0.05, 0.1) is 10.6 Å². The number of hydrogen-bond donors (Lipinski definition) is 3. The van der Waals surface area contributed by atoms with Gasteiger partial charge in [0.1, 0.15) is 5.75 Å². The van der Waals surface area contributed by atoms with Crippen LogP contribution < -0.4 is 10.6 Å². The van der Waals surface area contributed by atoms with Gasteiger partial charge in [0.25, 0.3) is 5.91 Å².